The Bertz CT molecular complexity index is 463. The first kappa shape index (κ1) is 11.3. The van der Waals surface area contributed by atoms with Crippen molar-refractivity contribution in [2.75, 3.05) is 17.2 Å². The van der Waals surface area contributed by atoms with Crippen molar-refractivity contribution in [1.82, 2.24) is 0 Å². The number of halogens is 1. The molecule has 0 bridgehead atoms. The van der Waals surface area contributed by atoms with E-state index in [1.807, 2.05) is 0 Å². The summed E-state index contributed by atoms with van der Waals surface area (Å²) in [7, 11) is 0. The van der Waals surface area contributed by atoms with Crippen LogP contribution < -0.4 is 4.90 Å². The van der Waals surface area contributed by atoms with Crippen LogP contribution in [0.3, 0.4) is 0 Å². The van der Waals surface area contributed by atoms with Crippen molar-refractivity contribution in [3.63, 3.8) is 0 Å². The van der Waals surface area contributed by atoms with Crippen LogP contribution in [-0.4, -0.2) is 29.3 Å². The van der Waals surface area contributed by atoms with Crippen molar-refractivity contribution in [2.45, 2.75) is 4.90 Å². The van der Waals surface area contributed by atoms with Crippen molar-refractivity contribution in [3.05, 3.63) is 23.2 Å². The van der Waals surface area contributed by atoms with Crippen LogP contribution in [0, 0.1) is 0 Å². The highest BCUT2D eigenvalue weighted by Gasteiger charge is 2.26. The minimum atomic E-state index is -1.03. The summed E-state index contributed by atoms with van der Waals surface area (Å²) < 4.78 is 0. The van der Waals surface area contributed by atoms with E-state index in [1.165, 1.54) is 16.7 Å². The van der Waals surface area contributed by atoms with Gasteiger partial charge in [-0.05, 0) is 18.2 Å². The van der Waals surface area contributed by atoms with Crippen LogP contribution in [-0.2, 0) is 9.59 Å². The average Bonchev–Trinajstić information content (AvgIpc) is 2.22. The molecule has 1 aliphatic heterocycles. The molecule has 1 heterocycles. The largest absolute Gasteiger partial charge is 0.480 e. The first-order chi connectivity index (χ1) is 7.58. The van der Waals surface area contributed by atoms with E-state index in [-0.39, 0.29) is 18.2 Å². The molecule has 0 unspecified atom stereocenters. The molecular weight excluding hydrogens is 250 g/mol. The van der Waals surface area contributed by atoms with Crippen LogP contribution in [0.25, 0.3) is 0 Å². The van der Waals surface area contributed by atoms with Crippen LogP contribution in [0.2, 0.25) is 5.02 Å². The summed E-state index contributed by atoms with van der Waals surface area (Å²) in [6.45, 7) is -0.311. The Hall–Kier alpha value is -1.20. The fraction of sp³-hybridized carbons (Fsp3) is 0.200. The van der Waals surface area contributed by atoms with Crippen molar-refractivity contribution in [2.24, 2.45) is 0 Å². The van der Waals surface area contributed by atoms with Crippen LogP contribution in [0.15, 0.2) is 23.1 Å². The number of carbonyl (C=O) groups excluding carboxylic acids is 1. The van der Waals surface area contributed by atoms with Gasteiger partial charge in [0, 0.05) is 9.92 Å². The molecule has 0 saturated heterocycles. The average molecular weight is 258 g/mol. The first-order valence-electron chi connectivity index (χ1n) is 4.52. The molecule has 0 aliphatic carbocycles. The van der Waals surface area contributed by atoms with Gasteiger partial charge in [0.05, 0.1) is 11.4 Å². The number of hydrogen-bond acceptors (Lipinski definition) is 3. The van der Waals surface area contributed by atoms with E-state index >= 15 is 0 Å². The Kier molecular flexibility index (Phi) is 3.07. The number of thioether (sulfide) groups is 1. The number of carbonyl (C=O) groups is 2. The molecule has 1 amide bonds. The lowest BCUT2D eigenvalue weighted by molar-refractivity contribution is -0.136. The number of benzene rings is 1. The molecule has 0 saturated carbocycles. The summed E-state index contributed by atoms with van der Waals surface area (Å²) in [6.07, 6.45) is 0. The Morgan fingerprint density at radius 3 is 3.00 bits per heavy atom. The van der Waals surface area contributed by atoms with E-state index in [4.69, 9.17) is 16.7 Å². The van der Waals surface area contributed by atoms with E-state index in [0.717, 1.165) is 4.90 Å². The molecule has 0 atom stereocenters. The summed E-state index contributed by atoms with van der Waals surface area (Å²) in [5, 5.41) is 9.32. The smallest absolute Gasteiger partial charge is 0.323 e. The van der Waals surface area contributed by atoms with Gasteiger partial charge in [0.1, 0.15) is 6.54 Å². The lowest BCUT2D eigenvalue weighted by Crippen LogP contribution is -2.39. The summed E-state index contributed by atoms with van der Waals surface area (Å²) in [6, 6.07) is 5.06. The summed E-state index contributed by atoms with van der Waals surface area (Å²) >= 11 is 7.21. The van der Waals surface area contributed by atoms with Crippen molar-refractivity contribution >= 4 is 40.9 Å². The minimum absolute atomic E-state index is 0.192. The number of amides is 1. The number of fused-ring (bicyclic) bond motifs is 1. The minimum Gasteiger partial charge on any atom is -0.480 e. The molecule has 6 heteroatoms. The third kappa shape index (κ3) is 2.15. The highest BCUT2D eigenvalue weighted by atomic mass is 35.5. The maximum absolute atomic E-state index is 11.6. The quantitative estimate of drug-likeness (QED) is 0.879. The second kappa shape index (κ2) is 4.35. The lowest BCUT2D eigenvalue weighted by atomic mass is 10.2. The van der Waals surface area contributed by atoms with E-state index in [1.54, 1.807) is 18.2 Å². The number of carboxylic acid groups (broad SMARTS) is 1. The zero-order chi connectivity index (χ0) is 11.7. The number of rotatable bonds is 2. The molecule has 84 valence electrons. The molecule has 2 rings (SSSR count). The number of anilines is 1. The Balaban J connectivity index is 2.40. The second-order valence-corrected chi connectivity index (χ2v) is 4.73. The Morgan fingerprint density at radius 2 is 2.31 bits per heavy atom. The van der Waals surface area contributed by atoms with E-state index in [0.29, 0.717) is 10.7 Å². The second-order valence-electron chi connectivity index (χ2n) is 3.27. The van der Waals surface area contributed by atoms with Crippen LogP contribution in [0.1, 0.15) is 0 Å². The van der Waals surface area contributed by atoms with Gasteiger partial charge in [-0.1, -0.05) is 11.6 Å². The van der Waals surface area contributed by atoms with Crippen molar-refractivity contribution < 1.29 is 14.7 Å². The maximum atomic E-state index is 11.6. The van der Waals surface area contributed by atoms with Gasteiger partial charge >= 0.3 is 5.97 Å². The predicted molar refractivity (Wildman–Crippen MR) is 62.2 cm³/mol. The molecule has 1 N–H and O–H groups in total. The lowest BCUT2D eigenvalue weighted by Gasteiger charge is -2.27. The summed E-state index contributed by atoms with van der Waals surface area (Å²) in [5.41, 5.74) is 0.619. The molecular formula is C10H8ClNO3S. The summed E-state index contributed by atoms with van der Waals surface area (Å²) in [4.78, 5) is 24.4. The predicted octanol–water partition coefficient (Wildman–Crippen LogP) is 1.86. The van der Waals surface area contributed by atoms with Gasteiger partial charge in [0.2, 0.25) is 5.91 Å². The molecule has 1 aromatic rings. The molecule has 4 nitrogen and oxygen atoms in total. The van der Waals surface area contributed by atoms with Crippen molar-refractivity contribution in [1.29, 1.82) is 0 Å². The standard InChI is InChI=1S/C10H8ClNO3S/c11-6-1-2-7-8(3-6)16-5-9(13)12(7)4-10(14)15/h1-3H,4-5H2,(H,14,15). The van der Waals surface area contributed by atoms with Crippen LogP contribution in [0.5, 0.6) is 0 Å². The van der Waals surface area contributed by atoms with E-state index in [2.05, 4.69) is 0 Å². The maximum Gasteiger partial charge on any atom is 0.323 e. The molecule has 0 fully saturated rings. The number of aliphatic carboxylic acids is 1. The summed E-state index contributed by atoms with van der Waals surface area (Å²) in [5.74, 6) is -0.968. The molecule has 1 aliphatic rings. The number of hydrogen-bond donors (Lipinski definition) is 1. The van der Waals surface area contributed by atoms with Gasteiger partial charge in [-0.3, -0.25) is 14.5 Å². The van der Waals surface area contributed by atoms with Crippen LogP contribution in [0.4, 0.5) is 5.69 Å². The zero-order valence-corrected chi connectivity index (χ0v) is 9.72. The van der Waals surface area contributed by atoms with Crippen LogP contribution >= 0.6 is 23.4 Å². The Labute approximate surface area is 101 Å². The fourth-order valence-electron chi connectivity index (χ4n) is 1.49. The van der Waals surface area contributed by atoms with Gasteiger partial charge in [0.25, 0.3) is 0 Å². The zero-order valence-electron chi connectivity index (χ0n) is 8.14. The third-order valence-electron chi connectivity index (χ3n) is 2.16. The Morgan fingerprint density at radius 1 is 1.56 bits per heavy atom. The molecule has 1 aromatic carbocycles. The molecule has 0 aromatic heterocycles. The molecule has 0 radical (unpaired) electrons. The molecule has 0 spiro atoms. The highest BCUT2D eigenvalue weighted by molar-refractivity contribution is 8.00. The van der Waals surface area contributed by atoms with Gasteiger partial charge in [-0.25, -0.2) is 0 Å². The fourth-order valence-corrected chi connectivity index (χ4v) is 2.69. The first-order valence-corrected chi connectivity index (χ1v) is 5.89. The van der Waals surface area contributed by atoms with E-state index < -0.39 is 5.97 Å². The van der Waals surface area contributed by atoms with Gasteiger partial charge in [-0.15, -0.1) is 11.8 Å². The number of carboxylic acids is 1. The topological polar surface area (TPSA) is 57.6 Å². The SMILES string of the molecule is O=C(O)CN1C(=O)CSc2cc(Cl)ccc21. The van der Waals surface area contributed by atoms with Gasteiger partial charge in [-0.2, -0.15) is 0 Å². The van der Waals surface area contributed by atoms with Crippen molar-refractivity contribution in [3.8, 4) is 0 Å². The monoisotopic (exact) mass is 257 g/mol. The van der Waals surface area contributed by atoms with Gasteiger partial charge in [0.15, 0.2) is 0 Å². The highest BCUT2D eigenvalue weighted by Crippen LogP contribution is 2.36. The van der Waals surface area contributed by atoms with E-state index in [9.17, 15) is 9.59 Å². The normalized spacial score (nSPS) is 14.8. The number of nitrogens with zero attached hydrogens (tertiary/aromatic N) is 1. The van der Waals surface area contributed by atoms with Gasteiger partial charge < -0.3 is 5.11 Å². The molecule has 16 heavy (non-hydrogen) atoms. The third-order valence-corrected chi connectivity index (χ3v) is 3.42.